The lowest BCUT2D eigenvalue weighted by Crippen LogP contribution is -2.51. The van der Waals surface area contributed by atoms with Gasteiger partial charge in [0.15, 0.2) is 0 Å². The van der Waals surface area contributed by atoms with Gasteiger partial charge in [0.05, 0.1) is 18.1 Å². The van der Waals surface area contributed by atoms with Crippen molar-refractivity contribution in [2.75, 3.05) is 26.2 Å². The second-order valence-corrected chi connectivity index (χ2v) is 9.33. The van der Waals surface area contributed by atoms with E-state index in [1.54, 1.807) is 6.07 Å². The van der Waals surface area contributed by atoms with Crippen LogP contribution in [-0.4, -0.2) is 64.6 Å². The number of phenolic OH excluding ortho intramolecular Hbond substituents is 1. The van der Waals surface area contributed by atoms with Gasteiger partial charge in [-0.05, 0) is 66.3 Å². The maximum absolute atomic E-state index is 12.2. The SMILES string of the molecule is C[C@H]1Cc2cc(OCCCC(F)(F)F)ccc2C=C1CN1CC(C(=O)O)C1.O=C(O)c1ccc(O)cc1. The molecule has 37 heavy (non-hydrogen) atoms. The van der Waals surface area contributed by atoms with E-state index in [2.05, 4.69) is 17.9 Å². The van der Waals surface area contributed by atoms with Crippen LogP contribution in [0.4, 0.5) is 13.2 Å². The molecule has 2 aliphatic rings. The minimum absolute atomic E-state index is 0.0474. The van der Waals surface area contributed by atoms with Crippen LogP contribution >= 0.6 is 0 Å². The van der Waals surface area contributed by atoms with Gasteiger partial charge in [-0.1, -0.05) is 24.6 Å². The highest BCUT2D eigenvalue weighted by atomic mass is 19.4. The Morgan fingerprint density at radius 2 is 1.76 bits per heavy atom. The van der Waals surface area contributed by atoms with E-state index in [-0.39, 0.29) is 30.3 Å². The molecular formula is C27H30F3NO6. The van der Waals surface area contributed by atoms with Gasteiger partial charge >= 0.3 is 18.1 Å². The zero-order chi connectivity index (χ0) is 27.2. The number of phenols is 1. The number of hydrogen-bond acceptors (Lipinski definition) is 5. The predicted octanol–water partition coefficient (Wildman–Crippen LogP) is 5.09. The minimum Gasteiger partial charge on any atom is -0.508 e. The molecule has 2 aromatic rings. The summed E-state index contributed by atoms with van der Waals surface area (Å²) >= 11 is 0. The molecule has 1 saturated heterocycles. The van der Waals surface area contributed by atoms with E-state index in [0.29, 0.717) is 24.8 Å². The molecule has 1 aliphatic heterocycles. The van der Waals surface area contributed by atoms with Crippen LogP contribution in [0, 0.1) is 11.8 Å². The molecule has 1 fully saturated rings. The number of carboxylic acid groups (broad SMARTS) is 2. The average molecular weight is 522 g/mol. The van der Waals surface area contributed by atoms with Crippen molar-refractivity contribution in [3.8, 4) is 11.5 Å². The fraction of sp³-hybridized carbons (Fsp3) is 0.407. The van der Waals surface area contributed by atoms with Crippen LogP contribution in [0.2, 0.25) is 0 Å². The number of ether oxygens (including phenoxy) is 1. The van der Waals surface area contributed by atoms with E-state index in [0.717, 1.165) is 24.1 Å². The Morgan fingerprint density at radius 1 is 1.08 bits per heavy atom. The number of fused-ring (bicyclic) bond motifs is 1. The van der Waals surface area contributed by atoms with E-state index >= 15 is 0 Å². The van der Waals surface area contributed by atoms with Crippen LogP contribution in [-0.2, 0) is 11.2 Å². The molecule has 0 radical (unpaired) electrons. The van der Waals surface area contributed by atoms with Crippen LogP contribution in [0.15, 0.2) is 48.0 Å². The zero-order valence-electron chi connectivity index (χ0n) is 20.4. The first-order valence-electron chi connectivity index (χ1n) is 11.9. The Bertz CT molecular complexity index is 1120. The Kier molecular flexibility index (Phi) is 9.20. The van der Waals surface area contributed by atoms with E-state index < -0.39 is 24.5 Å². The summed E-state index contributed by atoms with van der Waals surface area (Å²) in [6.45, 7) is 4.16. The highest BCUT2D eigenvalue weighted by molar-refractivity contribution is 5.87. The van der Waals surface area contributed by atoms with Gasteiger partial charge in [-0.25, -0.2) is 4.79 Å². The van der Waals surface area contributed by atoms with Crippen molar-refractivity contribution in [1.82, 2.24) is 4.90 Å². The van der Waals surface area contributed by atoms with Gasteiger partial charge < -0.3 is 20.1 Å². The van der Waals surface area contributed by atoms with Gasteiger partial charge in [-0.3, -0.25) is 9.69 Å². The molecule has 0 amide bonds. The van der Waals surface area contributed by atoms with Crippen molar-refractivity contribution >= 4 is 18.0 Å². The van der Waals surface area contributed by atoms with Crippen LogP contribution in [0.5, 0.6) is 11.5 Å². The normalized spacial score (nSPS) is 17.5. The fourth-order valence-electron chi connectivity index (χ4n) is 4.17. The number of nitrogens with zero attached hydrogens (tertiary/aromatic N) is 1. The number of carbonyl (C=O) groups is 2. The molecule has 3 N–H and O–H groups in total. The van der Waals surface area contributed by atoms with Gasteiger partial charge in [0.2, 0.25) is 0 Å². The van der Waals surface area contributed by atoms with Gasteiger partial charge in [0.25, 0.3) is 0 Å². The molecule has 1 atom stereocenters. The van der Waals surface area contributed by atoms with Crippen molar-refractivity contribution in [3.05, 3.63) is 64.7 Å². The van der Waals surface area contributed by atoms with E-state index in [9.17, 15) is 22.8 Å². The minimum atomic E-state index is -4.14. The zero-order valence-corrected chi connectivity index (χ0v) is 20.4. The lowest BCUT2D eigenvalue weighted by molar-refractivity contribution is -0.147. The Hall–Kier alpha value is -3.53. The quantitative estimate of drug-likeness (QED) is 0.416. The van der Waals surface area contributed by atoms with Gasteiger partial charge in [-0.15, -0.1) is 0 Å². The standard InChI is InChI=1S/C20H24F3NO3.C7H6O3/c1-13-7-15-9-18(27-6-2-5-20(21,22)23)4-3-14(15)8-16(13)10-24-11-17(12-24)19(25)26;8-6-3-1-5(2-4-6)7(9)10/h3-4,8-9,13,17H,2,5-7,10-12H2,1H3,(H,25,26);1-4,8H,(H,9,10)/t13-;/m0./s1. The summed E-state index contributed by atoms with van der Waals surface area (Å²) in [7, 11) is 0. The maximum atomic E-state index is 12.2. The first kappa shape index (κ1) is 28.0. The van der Waals surface area contributed by atoms with Crippen LogP contribution in [0.1, 0.15) is 41.3 Å². The van der Waals surface area contributed by atoms with E-state index in [4.69, 9.17) is 20.1 Å². The number of benzene rings is 2. The summed E-state index contributed by atoms with van der Waals surface area (Å²) in [6.07, 6.45) is -2.03. The van der Waals surface area contributed by atoms with Crippen LogP contribution < -0.4 is 4.74 Å². The Balaban J connectivity index is 0.000000319. The number of alkyl halides is 3. The molecule has 0 bridgehead atoms. The first-order chi connectivity index (χ1) is 17.4. The van der Waals surface area contributed by atoms with Gasteiger partial charge in [0, 0.05) is 26.1 Å². The first-order valence-corrected chi connectivity index (χ1v) is 11.9. The molecule has 200 valence electrons. The molecule has 0 saturated carbocycles. The van der Waals surface area contributed by atoms with Crippen LogP contribution in [0.3, 0.4) is 0 Å². The summed E-state index contributed by atoms with van der Waals surface area (Å²) in [6, 6.07) is 11.0. The molecule has 2 aromatic carbocycles. The molecular weight excluding hydrogens is 491 g/mol. The lowest BCUT2D eigenvalue weighted by atomic mass is 9.83. The van der Waals surface area contributed by atoms with Gasteiger partial charge in [-0.2, -0.15) is 13.2 Å². The second kappa shape index (κ2) is 12.1. The summed E-state index contributed by atoms with van der Waals surface area (Å²) in [4.78, 5) is 23.3. The third-order valence-electron chi connectivity index (χ3n) is 6.31. The number of carboxylic acids is 2. The molecule has 4 rings (SSSR count). The predicted molar refractivity (Wildman–Crippen MR) is 131 cm³/mol. The average Bonchev–Trinajstić information content (AvgIpc) is 2.79. The molecule has 7 nitrogen and oxygen atoms in total. The molecule has 0 spiro atoms. The highest BCUT2D eigenvalue weighted by Gasteiger charge is 2.33. The monoisotopic (exact) mass is 521 g/mol. The number of aromatic hydroxyl groups is 1. The Morgan fingerprint density at radius 3 is 2.35 bits per heavy atom. The lowest BCUT2D eigenvalue weighted by Gasteiger charge is -2.38. The van der Waals surface area contributed by atoms with E-state index in [1.165, 1.54) is 29.8 Å². The van der Waals surface area contributed by atoms with Crippen molar-refractivity contribution in [3.63, 3.8) is 0 Å². The maximum Gasteiger partial charge on any atom is 0.389 e. The third kappa shape index (κ3) is 8.52. The summed E-state index contributed by atoms with van der Waals surface area (Å²) in [5.41, 5.74) is 3.69. The number of hydrogen-bond donors (Lipinski definition) is 3. The Labute approximate surface area is 212 Å². The van der Waals surface area contributed by atoms with Crippen molar-refractivity contribution in [2.24, 2.45) is 11.8 Å². The molecule has 0 aromatic heterocycles. The van der Waals surface area contributed by atoms with Crippen molar-refractivity contribution in [1.29, 1.82) is 0 Å². The van der Waals surface area contributed by atoms with Crippen molar-refractivity contribution < 1.29 is 42.8 Å². The molecule has 0 unspecified atom stereocenters. The number of halogens is 3. The number of aromatic carboxylic acids is 1. The molecule has 1 heterocycles. The smallest absolute Gasteiger partial charge is 0.389 e. The summed E-state index contributed by atoms with van der Waals surface area (Å²) in [5, 5.41) is 26.1. The van der Waals surface area contributed by atoms with Crippen LogP contribution in [0.25, 0.3) is 6.08 Å². The molecule has 1 aliphatic carbocycles. The number of aliphatic carboxylic acids is 1. The number of likely N-dealkylation sites (tertiary alicyclic amines) is 1. The largest absolute Gasteiger partial charge is 0.508 e. The molecule has 10 heteroatoms. The topological polar surface area (TPSA) is 107 Å². The fourth-order valence-corrected chi connectivity index (χ4v) is 4.17. The number of rotatable bonds is 8. The van der Waals surface area contributed by atoms with E-state index in [1.807, 2.05) is 12.1 Å². The summed E-state index contributed by atoms with van der Waals surface area (Å²) in [5.74, 6) is -0.960. The van der Waals surface area contributed by atoms with Crippen molar-refractivity contribution in [2.45, 2.75) is 32.4 Å². The summed E-state index contributed by atoms with van der Waals surface area (Å²) < 4.78 is 42.0. The third-order valence-corrected chi connectivity index (χ3v) is 6.31. The van der Waals surface area contributed by atoms with Gasteiger partial charge in [0.1, 0.15) is 11.5 Å². The second-order valence-electron chi connectivity index (χ2n) is 9.33. The highest BCUT2D eigenvalue weighted by Crippen LogP contribution is 2.32.